The van der Waals surface area contributed by atoms with Crippen molar-refractivity contribution in [3.8, 4) is 11.8 Å². The lowest BCUT2D eigenvalue weighted by molar-refractivity contribution is 0.0543. The van der Waals surface area contributed by atoms with Crippen LogP contribution in [0.1, 0.15) is 62.7 Å². The average Bonchev–Trinajstić information content (AvgIpc) is 3.33. The van der Waals surface area contributed by atoms with Crippen molar-refractivity contribution in [2.24, 2.45) is 0 Å². The molecule has 0 aliphatic carbocycles. The van der Waals surface area contributed by atoms with Crippen molar-refractivity contribution in [1.29, 1.82) is 5.26 Å². The van der Waals surface area contributed by atoms with Crippen LogP contribution in [0.3, 0.4) is 0 Å². The van der Waals surface area contributed by atoms with E-state index in [-0.39, 0.29) is 30.0 Å². The Labute approximate surface area is 231 Å². The van der Waals surface area contributed by atoms with E-state index in [2.05, 4.69) is 11.1 Å². The van der Waals surface area contributed by atoms with Crippen molar-refractivity contribution in [3.63, 3.8) is 0 Å². The van der Waals surface area contributed by atoms with Crippen molar-refractivity contribution in [3.05, 3.63) is 94.3 Å². The first kappa shape index (κ1) is 25.9. The summed E-state index contributed by atoms with van der Waals surface area (Å²) in [6.45, 7) is 3.29. The molecule has 2 atom stereocenters. The molecule has 6 rings (SSSR count). The van der Waals surface area contributed by atoms with Crippen LogP contribution in [0.2, 0.25) is 0 Å². The number of aromatic nitrogens is 1. The number of carbonyl (C=O) groups excluding carboxylic acids is 2. The van der Waals surface area contributed by atoms with Gasteiger partial charge in [-0.1, -0.05) is 30.3 Å². The molecule has 0 radical (unpaired) electrons. The first-order valence-corrected chi connectivity index (χ1v) is 13.5. The molecule has 2 saturated heterocycles. The van der Waals surface area contributed by atoms with Gasteiger partial charge in [-0.05, 0) is 49.4 Å². The smallest absolute Gasteiger partial charge is 0.272 e. The number of piperidine rings is 2. The van der Waals surface area contributed by atoms with Gasteiger partial charge in [0, 0.05) is 48.9 Å². The maximum Gasteiger partial charge on any atom is 0.272 e. The van der Waals surface area contributed by atoms with Crippen molar-refractivity contribution in [2.45, 2.75) is 43.6 Å². The van der Waals surface area contributed by atoms with E-state index in [0.717, 1.165) is 11.6 Å². The van der Waals surface area contributed by atoms with Crippen LogP contribution in [0.15, 0.2) is 54.7 Å². The molecular formula is C31H28F2N4O3. The number of aryl methyl sites for hydroxylation is 1. The van der Waals surface area contributed by atoms with Gasteiger partial charge in [-0.2, -0.15) is 5.26 Å². The van der Waals surface area contributed by atoms with Gasteiger partial charge >= 0.3 is 0 Å². The van der Waals surface area contributed by atoms with Crippen LogP contribution in [0, 0.1) is 29.9 Å². The highest BCUT2D eigenvalue weighted by molar-refractivity contribution is 5.99. The average molecular weight is 543 g/mol. The van der Waals surface area contributed by atoms with Crippen LogP contribution in [-0.2, 0) is 5.41 Å². The van der Waals surface area contributed by atoms with Gasteiger partial charge in [-0.25, -0.2) is 8.78 Å². The molecule has 40 heavy (non-hydrogen) atoms. The standard InChI is InChI=1S/C31H28F2N4O3/c1-19-16-35-26(30(39)36-11-8-31(18-34,9-12-36)20-5-3-2-4-6-20)14-22(19)29(38)37-10-7-21-23-13-24(32)25(33)15-27(23)40-28(21)17-37/h2-6,13-16,21,28H,7-12,17H2,1H3. The van der Waals surface area contributed by atoms with E-state index >= 15 is 0 Å². The molecule has 2 fully saturated rings. The van der Waals surface area contributed by atoms with Gasteiger partial charge in [0.05, 0.1) is 18.0 Å². The molecule has 0 N–H and O–H groups in total. The molecule has 204 valence electrons. The minimum absolute atomic E-state index is 0.111. The van der Waals surface area contributed by atoms with Crippen molar-refractivity contribution < 1.29 is 23.1 Å². The molecule has 2 unspecified atom stereocenters. The summed E-state index contributed by atoms with van der Waals surface area (Å²) >= 11 is 0. The minimum Gasteiger partial charge on any atom is -0.488 e. The number of likely N-dealkylation sites (tertiary alicyclic amines) is 2. The molecule has 2 amide bonds. The summed E-state index contributed by atoms with van der Waals surface area (Å²) in [4.78, 5) is 34.7. The van der Waals surface area contributed by atoms with Crippen LogP contribution in [-0.4, -0.2) is 58.9 Å². The molecule has 3 aliphatic rings. The number of halogens is 2. The van der Waals surface area contributed by atoms with Crippen molar-refractivity contribution in [1.82, 2.24) is 14.8 Å². The zero-order chi connectivity index (χ0) is 28.0. The number of carbonyl (C=O) groups is 2. The zero-order valence-corrected chi connectivity index (χ0v) is 22.1. The molecular weight excluding hydrogens is 514 g/mol. The number of hydrogen-bond donors (Lipinski definition) is 0. The van der Waals surface area contributed by atoms with Gasteiger partial charge in [-0.15, -0.1) is 0 Å². The SMILES string of the molecule is Cc1cnc(C(=O)N2CCC(C#N)(c3ccccc3)CC2)cc1C(=O)N1CCC2c3cc(F)c(F)cc3OC2C1. The largest absolute Gasteiger partial charge is 0.488 e. The summed E-state index contributed by atoms with van der Waals surface area (Å²) in [6, 6.07) is 15.9. The Kier molecular flexibility index (Phi) is 6.49. The highest BCUT2D eigenvalue weighted by atomic mass is 19.2. The number of nitriles is 1. The summed E-state index contributed by atoms with van der Waals surface area (Å²) in [5.74, 6) is -2.16. The number of amides is 2. The van der Waals surface area contributed by atoms with E-state index < -0.39 is 23.2 Å². The number of nitrogens with zero attached hydrogens (tertiary/aromatic N) is 4. The third-order valence-corrected chi connectivity index (χ3v) is 8.57. The lowest BCUT2D eigenvalue weighted by Gasteiger charge is -2.37. The fourth-order valence-corrected chi connectivity index (χ4v) is 6.19. The van der Waals surface area contributed by atoms with Crippen LogP contribution >= 0.6 is 0 Å². The highest BCUT2D eigenvalue weighted by Gasteiger charge is 2.42. The number of hydrogen-bond acceptors (Lipinski definition) is 5. The van der Waals surface area contributed by atoms with E-state index in [4.69, 9.17) is 4.74 Å². The van der Waals surface area contributed by atoms with E-state index in [9.17, 15) is 23.6 Å². The lowest BCUT2D eigenvalue weighted by Crippen LogP contribution is -2.46. The number of ether oxygens (including phenoxy) is 1. The van der Waals surface area contributed by atoms with Gasteiger partial charge in [0.2, 0.25) is 0 Å². The molecule has 1 aromatic heterocycles. The minimum atomic E-state index is -0.956. The van der Waals surface area contributed by atoms with Crippen LogP contribution in [0.5, 0.6) is 5.75 Å². The summed E-state index contributed by atoms with van der Waals surface area (Å²) in [5.41, 5.74) is 2.18. The van der Waals surface area contributed by atoms with Crippen molar-refractivity contribution in [2.75, 3.05) is 26.2 Å². The maximum atomic E-state index is 13.8. The fraction of sp³-hybridized carbons (Fsp3) is 0.355. The summed E-state index contributed by atoms with van der Waals surface area (Å²) in [6.07, 6.45) is 2.73. The Morgan fingerprint density at radius 1 is 1.02 bits per heavy atom. The molecule has 2 aromatic carbocycles. The third kappa shape index (κ3) is 4.37. The maximum absolute atomic E-state index is 13.8. The zero-order valence-electron chi connectivity index (χ0n) is 22.1. The quantitative estimate of drug-likeness (QED) is 0.477. The number of rotatable bonds is 3. The monoisotopic (exact) mass is 542 g/mol. The summed E-state index contributed by atoms with van der Waals surface area (Å²) in [7, 11) is 0. The third-order valence-electron chi connectivity index (χ3n) is 8.57. The predicted molar refractivity (Wildman–Crippen MR) is 142 cm³/mol. The molecule has 3 aromatic rings. The fourth-order valence-electron chi connectivity index (χ4n) is 6.19. The Morgan fingerprint density at radius 2 is 1.75 bits per heavy atom. The number of fused-ring (bicyclic) bond motifs is 3. The van der Waals surface area contributed by atoms with Crippen LogP contribution in [0.25, 0.3) is 0 Å². The molecule has 0 saturated carbocycles. The topological polar surface area (TPSA) is 86.5 Å². The Bertz CT molecular complexity index is 1530. The molecule has 0 bridgehead atoms. The van der Waals surface area contributed by atoms with Crippen molar-refractivity contribution >= 4 is 11.8 Å². The van der Waals surface area contributed by atoms with Gasteiger partial charge in [0.15, 0.2) is 11.6 Å². The number of benzene rings is 2. The molecule has 7 nitrogen and oxygen atoms in total. The molecule has 3 aliphatic heterocycles. The summed E-state index contributed by atoms with van der Waals surface area (Å²) in [5, 5.41) is 9.97. The second kappa shape index (κ2) is 10.0. The second-order valence-electron chi connectivity index (χ2n) is 10.8. The van der Waals surface area contributed by atoms with E-state index in [1.807, 2.05) is 30.3 Å². The molecule has 4 heterocycles. The first-order valence-electron chi connectivity index (χ1n) is 13.5. The van der Waals surface area contributed by atoms with E-state index in [0.29, 0.717) is 61.3 Å². The normalized spacial score (nSPS) is 21.1. The first-order chi connectivity index (χ1) is 19.3. The van der Waals surface area contributed by atoms with E-state index in [1.165, 1.54) is 12.3 Å². The molecule has 0 spiro atoms. The highest BCUT2D eigenvalue weighted by Crippen LogP contribution is 2.43. The van der Waals surface area contributed by atoms with Crippen LogP contribution in [0.4, 0.5) is 8.78 Å². The van der Waals surface area contributed by atoms with Gasteiger partial charge in [0.25, 0.3) is 11.8 Å². The second-order valence-corrected chi connectivity index (χ2v) is 10.8. The molecule has 9 heteroatoms. The Morgan fingerprint density at radius 3 is 2.48 bits per heavy atom. The van der Waals surface area contributed by atoms with E-state index in [1.54, 1.807) is 22.8 Å². The van der Waals surface area contributed by atoms with Crippen LogP contribution < -0.4 is 4.74 Å². The summed E-state index contributed by atoms with van der Waals surface area (Å²) < 4.78 is 33.4. The predicted octanol–water partition coefficient (Wildman–Crippen LogP) is 4.76. The van der Waals surface area contributed by atoms with Gasteiger partial charge < -0.3 is 14.5 Å². The number of pyridine rings is 1. The van der Waals surface area contributed by atoms with Gasteiger partial charge in [0.1, 0.15) is 17.5 Å². The Balaban J connectivity index is 1.15. The van der Waals surface area contributed by atoms with Gasteiger partial charge in [-0.3, -0.25) is 14.6 Å². The Hall–Kier alpha value is -4.32. The lowest BCUT2D eigenvalue weighted by atomic mass is 9.74.